The van der Waals surface area contributed by atoms with E-state index in [1.54, 1.807) is 6.08 Å². The maximum atomic E-state index is 7.82. The van der Waals surface area contributed by atoms with Crippen molar-refractivity contribution in [1.82, 2.24) is 0 Å². The maximum Gasteiger partial charge on any atom is 0.0839 e. The van der Waals surface area contributed by atoms with Crippen molar-refractivity contribution in [3.05, 3.63) is 12.7 Å². The van der Waals surface area contributed by atoms with Gasteiger partial charge < -0.3 is 5.21 Å². The first-order valence-corrected chi connectivity index (χ1v) is 2.18. The molecular formula is C5H8N2O. The van der Waals surface area contributed by atoms with Gasteiger partial charge in [0.25, 0.3) is 0 Å². The smallest absolute Gasteiger partial charge is 0.0839 e. The van der Waals surface area contributed by atoms with Crippen molar-refractivity contribution >= 4 is 12.4 Å². The van der Waals surface area contributed by atoms with E-state index < -0.39 is 0 Å². The first-order valence-electron chi connectivity index (χ1n) is 2.18. The zero-order valence-corrected chi connectivity index (χ0v) is 4.49. The van der Waals surface area contributed by atoms with Gasteiger partial charge in [-0.2, -0.15) is 0 Å². The molecule has 0 unspecified atom stereocenters. The quantitative estimate of drug-likeness (QED) is 0.248. The first-order chi connectivity index (χ1) is 3.91. The standard InChI is InChI=1S/C5H8N2O/c1-2-3-6-4-5-7-8/h2,4-5,8H,1,3H2. The molecule has 0 heterocycles. The molecule has 0 fully saturated rings. The second kappa shape index (κ2) is 5.88. The van der Waals surface area contributed by atoms with Gasteiger partial charge in [-0.1, -0.05) is 11.2 Å². The van der Waals surface area contributed by atoms with E-state index in [0.717, 1.165) is 0 Å². The van der Waals surface area contributed by atoms with Crippen LogP contribution in [-0.2, 0) is 0 Å². The summed E-state index contributed by atoms with van der Waals surface area (Å²) >= 11 is 0. The average Bonchev–Trinajstić information content (AvgIpc) is 1.81. The predicted octanol–water partition coefficient (Wildman–Crippen LogP) is 0.703. The van der Waals surface area contributed by atoms with Gasteiger partial charge in [0.15, 0.2) is 0 Å². The minimum Gasteiger partial charge on any atom is -0.411 e. The minimum atomic E-state index is 0.562. The van der Waals surface area contributed by atoms with Crippen LogP contribution in [0.2, 0.25) is 0 Å². The Morgan fingerprint density at radius 1 is 1.50 bits per heavy atom. The highest BCUT2D eigenvalue weighted by atomic mass is 16.4. The van der Waals surface area contributed by atoms with Gasteiger partial charge in [0.05, 0.1) is 12.8 Å². The highest BCUT2D eigenvalue weighted by molar-refractivity contribution is 6.15. The Bertz CT molecular complexity index is 107. The fraction of sp³-hybridized carbons (Fsp3) is 0.200. The van der Waals surface area contributed by atoms with Crippen molar-refractivity contribution in [2.75, 3.05) is 6.54 Å². The van der Waals surface area contributed by atoms with Gasteiger partial charge in [-0.3, -0.25) is 4.99 Å². The summed E-state index contributed by atoms with van der Waals surface area (Å²) in [7, 11) is 0. The number of nitrogens with zero attached hydrogens (tertiary/aromatic N) is 2. The Balaban J connectivity index is 3.19. The summed E-state index contributed by atoms with van der Waals surface area (Å²) in [5, 5.41) is 10.5. The Labute approximate surface area is 48.0 Å². The van der Waals surface area contributed by atoms with Crippen molar-refractivity contribution in [2.24, 2.45) is 10.1 Å². The SMILES string of the molecule is C=CCN=CC=NO. The predicted molar refractivity (Wildman–Crippen MR) is 33.8 cm³/mol. The fourth-order valence-corrected chi connectivity index (χ4v) is 0.212. The van der Waals surface area contributed by atoms with Gasteiger partial charge >= 0.3 is 0 Å². The van der Waals surface area contributed by atoms with E-state index in [1.165, 1.54) is 12.4 Å². The van der Waals surface area contributed by atoms with E-state index >= 15 is 0 Å². The number of hydrogen-bond acceptors (Lipinski definition) is 3. The van der Waals surface area contributed by atoms with Crippen LogP contribution < -0.4 is 0 Å². The van der Waals surface area contributed by atoms with Crippen LogP contribution in [0, 0.1) is 0 Å². The van der Waals surface area contributed by atoms with Crippen LogP contribution in [0.5, 0.6) is 0 Å². The highest BCUT2D eigenvalue weighted by Gasteiger charge is 1.62. The third kappa shape index (κ3) is 4.88. The molecule has 0 aliphatic heterocycles. The molecule has 0 aliphatic rings. The Morgan fingerprint density at radius 3 is 2.75 bits per heavy atom. The van der Waals surface area contributed by atoms with Crippen LogP contribution in [0.25, 0.3) is 0 Å². The largest absolute Gasteiger partial charge is 0.411 e. The van der Waals surface area contributed by atoms with Crippen molar-refractivity contribution in [3.8, 4) is 0 Å². The third-order valence-electron chi connectivity index (χ3n) is 0.473. The second-order valence-electron chi connectivity index (χ2n) is 1.07. The molecule has 8 heavy (non-hydrogen) atoms. The van der Waals surface area contributed by atoms with E-state index in [4.69, 9.17) is 5.21 Å². The summed E-state index contributed by atoms with van der Waals surface area (Å²) in [6.07, 6.45) is 4.26. The maximum absolute atomic E-state index is 7.82. The summed E-state index contributed by atoms with van der Waals surface area (Å²) in [5.74, 6) is 0. The Kier molecular flexibility index (Phi) is 5.06. The lowest BCUT2D eigenvalue weighted by atomic mass is 10.6. The van der Waals surface area contributed by atoms with E-state index in [-0.39, 0.29) is 0 Å². The Hall–Kier alpha value is -1.12. The highest BCUT2D eigenvalue weighted by Crippen LogP contribution is 1.64. The van der Waals surface area contributed by atoms with E-state index in [2.05, 4.69) is 16.7 Å². The molecule has 1 N–H and O–H groups in total. The molecule has 0 aromatic rings. The van der Waals surface area contributed by atoms with Crippen LogP contribution in [0.4, 0.5) is 0 Å². The lowest BCUT2D eigenvalue weighted by Crippen LogP contribution is -1.76. The number of oxime groups is 1. The van der Waals surface area contributed by atoms with Gasteiger partial charge in [-0.15, -0.1) is 6.58 Å². The lowest BCUT2D eigenvalue weighted by Gasteiger charge is -1.74. The van der Waals surface area contributed by atoms with Gasteiger partial charge in [0, 0.05) is 6.21 Å². The van der Waals surface area contributed by atoms with Crippen molar-refractivity contribution in [3.63, 3.8) is 0 Å². The van der Waals surface area contributed by atoms with Crippen LogP contribution in [-0.4, -0.2) is 24.2 Å². The third-order valence-corrected chi connectivity index (χ3v) is 0.473. The lowest BCUT2D eigenvalue weighted by molar-refractivity contribution is 0.322. The molecule has 0 aromatic carbocycles. The minimum absolute atomic E-state index is 0.562. The summed E-state index contributed by atoms with van der Waals surface area (Å²) in [6.45, 7) is 4.00. The molecule has 0 aromatic heterocycles. The zero-order chi connectivity index (χ0) is 6.24. The van der Waals surface area contributed by atoms with Crippen molar-refractivity contribution in [1.29, 1.82) is 0 Å². The second-order valence-corrected chi connectivity index (χ2v) is 1.07. The first kappa shape index (κ1) is 6.88. The average molecular weight is 112 g/mol. The molecular weight excluding hydrogens is 104 g/mol. The van der Waals surface area contributed by atoms with Gasteiger partial charge in [-0.25, -0.2) is 0 Å². The normalized spacial score (nSPS) is 11.0. The molecule has 3 nitrogen and oxygen atoms in total. The number of hydrogen-bond donors (Lipinski definition) is 1. The van der Waals surface area contributed by atoms with Gasteiger partial charge in [0.1, 0.15) is 0 Å². The monoisotopic (exact) mass is 112 g/mol. The topological polar surface area (TPSA) is 45.0 Å². The van der Waals surface area contributed by atoms with E-state index in [0.29, 0.717) is 6.54 Å². The summed E-state index contributed by atoms with van der Waals surface area (Å²) < 4.78 is 0. The number of rotatable bonds is 3. The molecule has 0 amide bonds. The van der Waals surface area contributed by atoms with E-state index in [9.17, 15) is 0 Å². The molecule has 0 bridgehead atoms. The molecule has 44 valence electrons. The van der Waals surface area contributed by atoms with Crippen molar-refractivity contribution < 1.29 is 5.21 Å². The molecule has 0 atom stereocenters. The molecule has 0 saturated heterocycles. The van der Waals surface area contributed by atoms with Crippen LogP contribution in [0.3, 0.4) is 0 Å². The molecule has 3 heteroatoms. The number of aliphatic imine (C=N–C) groups is 1. The molecule has 0 aliphatic carbocycles. The van der Waals surface area contributed by atoms with Gasteiger partial charge in [-0.05, 0) is 0 Å². The molecule has 0 saturated carbocycles. The van der Waals surface area contributed by atoms with E-state index in [1.807, 2.05) is 0 Å². The zero-order valence-electron chi connectivity index (χ0n) is 4.49. The molecule has 0 radical (unpaired) electrons. The van der Waals surface area contributed by atoms with Crippen molar-refractivity contribution in [2.45, 2.75) is 0 Å². The van der Waals surface area contributed by atoms with Crippen LogP contribution >= 0.6 is 0 Å². The fourth-order valence-electron chi connectivity index (χ4n) is 0.212. The van der Waals surface area contributed by atoms with Gasteiger partial charge in [0.2, 0.25) is 0 Å². The Morgan fingerprint density at radius 2 is 2.25 bits per heavy atom. The van der Waals surface area contributed by atoms with Crippen LogP contribution in [0.1, 0.15) is 0 Å². The molecule has 0 rings (SSSR count). The summed E-state index contributed by atoms with van der Waals surface area (Å²) in [5.41, 5.74) is 0. The van der Waals surface area contributed by atoms with Crippen LogP contribution in [0.15, 0.2) is 22.8 Å². The summed E-state index contributed by atoms with van der Waals surface area (Å²) in [4.78, 5) is 3.73. The molecule has 0 spiro atoms. The summed E-state index contributed by atoms with van der Waals surface area (Å²) in [6, 6.07) is 0.